The Labute approximate surface area is 105 Å². The van der Waals surface area contributed by atoms with Gasteiger partial charge in [-0.15, -0.1) is 0 Å². The molecular weight excluding hydrogens is 230 g/mol. The van der Waals surface area contributed by atoms with Crippen LogP contribution >= 0.6 is 0 Å². The van der Waals surface area contributed by atoms with E-state index >= 15 is 0 Å². The third-order valence-corrected chi connectivity index (χ3v) is 2.57. The van der Waals surface area contributed by atoms with Crippen molar-refractivity contribution in [2.75, 3.05) is 0 Å². The van der Waals surface area contributed by atoms with E-state index in [1.54, 1.807) is 18.5 Å². The van der Waals surface area contributed by atoms with Crippen LogP contribution in [0, 0.1) is 6.92 Å². The van der Waals surface area contributed by atoms with Crippen molar-refractivity contribution in [3.8, 4) is 5.75 Å². The number of aryl methyl sites for hydroxylation is 1. The number of hydrogen-bond donors (Lipinski definition) is 1. The monoisotopic (exact) mass is 243 g/mol. The van der Waals surface area contributed by atoms with Crippen LogP contribution in [-0.2, 0) is 6.61 Å². The molecule has 0 unspecified atom stereocenters. The second-order valence-corrected chi connectivity index (χ2v) is 3.90. The van der Waals surface area contributed by atoms with Gasteiger partial charge in [0.25, 0.3) is 0 Å². The third kappa shape index (κ3) is 2.66. The van der Waals surface area contributed by atoms with E-state index in [1.807, 2.05) is 25.1 Å². The van der Waals surface area contributed by atoms with Gasteiger partial charge in [-0.2, -0.15) is 0 Å². The second kappa shape index (κ2) is 5.31. The van der Waals surface area contributed by atoms with Crippen molar-refractivity contribution in [3.63, 3.8) is 0 Å². The maximum atomic E-state index is 11.1. The van der Waals surface area contributed by atoms with Crippen molar-refractivity contribution in [3.05, 3.63) is 59.4 Å². The van der Waals surface area contributed by atoms with Crippen LogP contribution in [0.3, 0.4) is 0 Å². The van der Waals surface area contributed by atoms with E-state index in [0.29, 0.717) is 12.4 Å². The molecule has 1 heterocycles. The fraction of sp³-hybridized carbons (Fsp3) is 0.143. The van der Waals surface area contributed by atoms with E-state index in [1.165, 1.54) is 6.07 Å². The number of benzene rings is 1. The van der Waals surface area contributed by atoms with Gasteiger partial charge < -0.3 is 9.84 Å². The Hall–Kier alpha value is -2.36. The zero-order valence-electron chi connectivity index (χ0n) is 9.96. The Balaban J connectivity index is 2.21. The van der Waals surface area contributed by atoms with Crippen LogP contribution < -0.4 is 4.74 Å². The summed E-state index contributed by atoms with van der Waals surface area (Å²) >= 11 is 0. The van der Waals surface area contributed by atoms with Gasteiger partial charge in [-0.05, 0) is 36.2 Å². The number of carboxylic acid groups (broad SMARTS) is 1. The minimum atomic E-state index is -0.983. The SMILES string of the molecule is Cc1cccc(C(=O)O)c1OCc1ccncc1. The van der Waals surface area contributed by atoms with Crippen molar-refractivity contribution in [1.82, 2.24) is 4.98 Å². The number of carboxylic acids is 1. The van der Waals surface area contributed by atoms with Crippen molar-refractivity contribution in [1.29, 1.82) is 0 Å². The third-order valence-electron chi connectivity index (χ3n) is 2.57. The predicted octanol–water partition coefficient (Wildman–Crippen LogP) is 2.67. The van der Waals surface area contributed by atoms with Gasteiger partial charge in [-0.25, -0.2) is 4.79 Å². The van der Waals surface area contributed by atoms with E-state index in [9.17, 15) is 4.79 Å². The normalized spacial score (nSPS) is 10.1. The first kappa shape index (κ1) is 12.1. The molecule has 1 aromatic heterocycles. The number of para-hydroxylation sites is 1. The molecule has 0 radical (unpaired) electrons. The number of rotatable bonds is 4. The highest BCUT2D eigenvalue weighted by Gasteiger charge is 2.13. The number of pyridine rings is 1. The van der Waals surface area contributed by atoms with Gasteiger partial charge in [0.1, 0.15) is 17.9 Å². The quantitative estimate of drug-likeness (QED) is 0.896. The first-order chi connectivity index (χ1) is 8.68. The number of aromatic nitrogens is 1. The van der Waals surface area contributed by atoms with Crippen LogP contribution in [0.4, 0.5) is 0 Å². The van der Waals surface area contributed by atoms with Gasteiger partial charge in [-0.3, -0.25) is 4.98 Å². The molecule has 2 aromatic rings. The highest BCUT2D eigenvalue weighted by molar-refractivity contribution is 5.91. The summed E-state index contributed by atoms with van der Waals surface area (Å²) in [6, 6.07) is 8.74. The summed E-state index contributed by atoms with van der Waals surface area (Å²) in [6.45, 7) is 2.15. The Morgan fingerprint density at radius 3 is 2.67 bits per heavy atom. The molecule has 1 aromatic carbocycles. The Bertz CT molecular complexity index is 552. The van der Waals surface area contributed by atoms with Crippen LogP contribution in [0.5, 0.6) is 5.75 Å². The first-order valence-corrected chi connectivity index (χ1v) is 5.53. The number of hydrogen-bond acceptors (Lipinski definition) is 3. The van der Waals surface area contributed by atoms with Crippen molar-refractivity contribution >= 4 is 5.97 Å². The summed E-state index contributed by atoms with van der Waals surface area (Å²) in [6.07, 6.45) is 3.35. The predicted molar refractivity (Wildman–Crippen MR) is 66.7 cm³/mol. The van der Waals surface area contributed by atoms with Crippen LogP contribution in [0.25, 0.3) is 0 Å². The largest absolute Gasteiger partial charge is 0.488 e. The smallest absolute Gasteiger partial charge is 0.339 e. The lowest BCUT2D eigenvalue weighted by Crippen LogP contribution is -2.04. The van der Waals surface area contributed by atoms with Gasteiger partial charge in [0.15, 0.2) is 0 Å². The van der Waals surface area contributed by atoms with E-state index in [-0.39, 0.29) is 5.56 Å². The minimum absolute atomic E-state index is 0.184. The Morgan fingerprint density at radius 1 is 1.28 bits per heavy atom. The van der Waals surface area contributed by atoms with E-state index in [2.05, 4.69) is 4.98 Å². The summed E-state index contributed by atoms with van der Waals surface area (Å²) in [7, 11) is 0. The molecule has 0 aliphatic rings. The highest BCUT2D eigenvalue weighted by Crippen LogP contribution is 2.24. The number of carbonyl (C=O) groups is 1. The molecule has 92 valence electrons. The molecule has 0 saturated carbocycles. The molecule has 4 nitrogen and oxygen atoms in total. The zero-order valence-corrected chi connectivity index (χ0v) is 9.96. The number of nitrogens with zero attached hydrogens (tertiary/aromatic N) is 1. The Kier molecular flexibility index (Phi) is 3.57. The molecule has 0 aliphatic heterocycles. The van der Waals surface area contributed by atoms with Crippen LogP contribution in [0.2, 0.25) is 0 Å². The lowest BCUT2D eigenvalue weighted by molar-refractivity contribution is 0.0691. The van der Waals surface area contributed by atoms with Crippen molar-refractivity contribution in [2.24, 2.45) is 0 Å². The molecule has 0 aliphatic carbocycles. The number of ether oxygens (including phenoxy) is 1. The van der Waals surface area contributed by atoms with E-state index in [4.69, 9.17) is 9.84 Å². The first-order valence-electron chi connectivity index (χ1n) is 5.53. The average molecular weight is 243 g/mol. The van der Waals surface area contributed by atoms with E-state index < -0.39 is 5.97 Å². The molecule has 1 N–H and O–H groups in total. The van der Waals surface area contributed by atoms with Gasteiger partial charge in [-0.1, -0.05) is 12.1 Å². The zero-order chi connectivity index (χ0) is 13.0. The van der Waals surface area contributed by atoms with Gasteiger partial charge in [0.2, 0.25) is 0 Å². The molecule has 0 atom stereocenters. The molecule has 0 spiro atoms. The van der Waals surface area contributed by atoms with Gasteiger partial charge >= 0.3 is 5.97 Å². The molecule has 4 heteroatoms. The lowest BCUT2D eigenvalue weighted by Gasteiger charge is -2.11. The average Bonchev–Trinajstić information content (AvgIpc) is 2.38. The van der Waals surface area contributed by atoms with Gasteiger partial charge in [0.05, 0.1) is 0 Å². The summed E-state index contributed by atoms with van der Waals surface area (Å²) in [4.78, 5) is 15.0. The summed E-state index contributed by atoms with van der Waals surface area (Å²) in [5.41, 5.74) is 1.94. The molecule has 0 saturated heterocycles. The minimum Gasteiger partial charge on any atom is -0.488 e. The molecule has 0 bridgehead atoms. The standard InChI is InChI=1S/C14H13NO3/c1-10-3-2-4-12(14(16)17)13(10)18-9-11-5-7-15-8-6-11/h2-8H,9H2,1H3,(H,16,17). The van der Waals surface area contributed by atoms with Crippen LogP contribution in [-0.4, -0.2) is 16.1 Å². The molecule has 0 amide bonds. The van der Waals surface area contributed by atoms with E-state index in [0.717, 1.165) is 11.1 Å². The lowest BCUT2D eigenvalue weighted by atomic mass is 10.1. The number of aromatic carboxylic acids is 1. The highest BCUT2D eigenvalue weighted by atomic mass is 16.5. The van der Waals surface area contributed by atoms with Gasteiger partial charge in [0, 0.05) is 12.4 Å². The van der Waals surface area contributed by atoms with Crippen LogP contribution in [0.1, 0.15) is 21.5 Å². The fourth-order valence-electron chi connectivity index (χ4n) is 1.65. The maximum Gasteiger partial charge on any atom is 0.339 e. The van der Waals surface area contributed by atoms with Crippen molar-refractivity contribution in [2.45, 2.75) is 13.5 Å². The summed E-state index contributed by atoms with van der Waals surface area (Å²) < 4.78 is 5.61. The molecule has 18 heavy (non-hydrogen) atoms. The molecule has 0 fully saturated rings. The maximum absolute atomic E-state index is 11.1. The topological polar surface area (TPSA) is 59.4 Å². The fourth-order valence-corrected chi connectivity index (χ4v) is 1.65. The second-order valence-electron chi connectivity index (χ2n) is 3.90. The molecule has 2 rings (SSSR count). The Morgan fingerprint density at radius 2 is 2.00 bits per heavy atom. The molecular formula is C14H13NO3. The summed E-state index contributed by atoms with van der Waals surface area (Å²) in [5.74, 6) is -0.565. The van der Waals surface area contributed by atoms with Crippen molar-refractivity contribution < 1.29 is 14.6 Å². The summed E-state index contributed by atoms with van der Waals surface area (Å²) in [5, 5.41) is 9.10. The van der Waals surface area contributed by atoms with Crippen LogP contribution in [0.15, 0.2) is 42.7 Å².